The quantitative estimate of drug-likeness (QED) is 0.687. The topological polar surface area (TPSA) is 58.1 Å². The zero-order valence-electron chi connectivity index (χ0n) is 10.3. The molecule has 1 aliphatic heterocycles. The first-order valence-corrected chi connectivity index (χ1v) is 7.80. The summed E-state index contributed by atoms with van der Waals surface area (Å²) in [5.74, 6) is -0.0329. The first-order chi connectivity index (χ1) is 9.63. The molecule has 0 radical (unpaired) electrons. The van der Waals surface area contributed by atoms with Crippen LogP contribution in [0.2, 0.25) is 0 Å². The van der Waals surface area contributed by atoms with E-state index in [0.29, 0.717) is 13.1 Å². The summed E-state index contributed by atoms with van der Waals surface area (Å²) in [5.41, 5.74) is 2.86. The number of amides is 1. The van der Waals surface area contributed by atoms with Crippen molar-refractivity contribution in [1.82, 2.24) is 10.2 Å². The van der Waals surface area contributed by atoms with Crippen LogP contribution in [-0.4, -0.2) is 22.6 Å². The molecule has 1 aliphatic rings. The summed E-state index contributed by atoms with van der Waals surface area (Å²) in [7, 11) is 0. The first-order valence-electron chi connectivity index (χ1n) is 5.93. The minimum absolute atomic E-state index is 0.0329. The van der Waals surface area contributed by atoms with E-state index in [-0.39, 0.29) is 5.91 Å². The maximum absolute atomic E-state index is 12.0. The van der Waals surface area contributed by atoms with Crippen LogP contribution in [-0.2, 0) is 11.3 Å². The van der Waals surface area contributed by atoms with E-state index in [1.165, 1.54) is 0 Å². The number of nitrogens with one attached hydrogen (secondary N) is 1. The van der Waals surface area contributed by atoms with Crippen molar-refractivity contribution in [3.05, 3.63) is 44.2 Å². The molecular formula is C13H10BrIN4O. The Hall–Kier alpha value is -1.22. The summed E-state index contributed by atoms with van der Waals surface area (Å²) in [6.45, 7) is 0.958. The highest BCUT2D eigenvalue weighted by atomic mass is 127. The van der Waals surface area contributed by atoms with Crippen LogP contribution in [0.25, 0.3) is 0 Å². The van der Waals surface area contributed by atoms with Gasteiger partial charge in [0.05, 0.1) is 24.6 Å². The van der Waals surface area contributed by atoms with Crippen molar-refractivity contribution >= 4 is 55.8 Å². The highest BCUT2D eigenvalue weighted by Crippen LogP contribution is 2.31. The second kappa shape index (κ2) is 5.65. The molecule has 0 saturated carbocycles. The van der Waals surface area contributed by atoms with Gasteiger partial charge in [-0.15, -0.1) is 0 Å². The Bertz CT molecular complexity index is 665. The van der Waals surface area contributed by atoms with Crippen molar-refractivity contribution in [2.45, 2.75) is 6.54 Å². The van der Waals surface area contributed by atoms with Crippen LogP contribution in [0.3, 0.4) is 0 Å². The number of aromatic nitrogens is 2. The van der Waals surface area contributed by atoms with Gasteiger partial charge in [0, 0.05) is 25.8 Å². The lowest BCUT2D eigenvalue weighted by Crippen LogP contribution is -2.29. The van der Waals surface area contributed by atoms with E-state index < -0.39 is 0 Å². The summed E-state index contributed by atoms with van der Waals surface area (Å²) in [5, 5.41) is 10.6. The Morgan fingerprint density at radius 1 is 1.30 bits per heavy atom. The smallest absolute Gasteiger partial charge is 0.243 e. The predicted octanol–water partition coefficient (Wildman–Crippen LogP) is 2.80. The van der Waals surface area contributed by atoms with Crippen LogP contribution in [0, 0.1) is 3.57 Å². The minimum atomic E-state index is -0.0329. The van der Waals surface area contributed by atoms with Crippen molar-refractivity contribution in [3.63, 3.8) is 0 Å². The SMILES string of the molecule is O=C1CN(c2ccnnc2)Cc2c(I)cc(Br)cc2N1. The standard InChI is InChI=1S/C13H10BrIN4O/c14-8-3-11(15)10-6-19(9-1-2-16-17-5-9)7-13(20)18-12(10)4-8/h1-5H,6-7H2,(H,18,20). The highest BCUT2D eigenvalue weighted by molar-refractivity contribution is 14.1. The number of hydrogen-bond donors (Lipinski definition) is 1. The monoisotopic (exact) mass is 444 g/mol. The Kier molecular flexibility index (Phi) is 3.88. The zero-order valence-corrected chi connectivity index (χ0v) is 14.1. The summed E-state index contributed by atoms with van der Waals surface area (Å²) < 4.78 is 2.07. The number of carbonyl (C=O) groups is 1. The number of carbonyl (C=O) groups excluding carboxylic acids is 1. The molecule has 0 aliphatic carbocycles. The molecule has 20 heavy (non-hydrogen) atoms. The van der Waals surface area contributed by atoms with E-state index in [9.17, 15) is 4.79 Å². The van der Waals surface area contributed by atoms with Crippen molar-refractivity contribution in [2.24, 2.45) is 0 Å². The Morgan fingerprint density at radius 3 is 2.90 bits per heavy atom. The molecule has 2 heterocycles. The van der Waals surface area contributed by atoms with E-state index in [2.05, 4.69) is 54.0 Å². The zero-order chi connectivity index (χ0) is 14.1. The van der Waals surface area contributed by atoms with Crippen LogP contribution in [0.4, 0.5) is 11.4 Å². The van der Waals surface area contributed by atoms with E-state index in [4.69, 9.17) is 0 Å². The van der Waals surface area contributed by atoms with Crippen LogP contribution in [0.15, 0.2) is 35.1 Å². The molecule has 1 amide bonds. The Labute approximate surface area is 138 Å². The predicted molar refractivity (Wildman–Crippen MR) is 88.6 cm³/mol. The molecule has 5 nitrogen and oxygen atoms in total. The molecule has 0 bridgehead atoms. The van der Waals surface area contributed by atoms with Crippen molar-refractivity contribution in [1.29, 1.82) is 0 Å². The molecule has 3 rings (SSSR count). The Balaban J connectivity index is 2.04. The summed E-state index contributed by atoms with van der Waals surface area (Å²) in [6, 6.07) is 5.83. The number of fused-ring (bicyclic) bond motifs is 1. The van der Waals surface area contributed by atoms with Crippen LogP contribution in [0.5, 0.6) is 0 Å². The third-order valence-corrected chi connectivity index (χ3v) is 4.47. The maximum atomic E-state index is 12.0. The summed E-state index contributed by atoms with van der Waals surface area (Å²) in [6.07, 6.45) is 3.30. The second-order valence-electron chi connectivity index (χ2n) is 4.42. The van der Waals surface area contributed by atoms with E-state index in [1.54, 1.807) is 12.4 Å². The van der Waals surface area contributed by atoms with Gasteiger partial charge in [0.25, 0.3) is 0 Å². The van der Waals surface area contributed by atoms with E-state index in [1.807, 2.05) is 23.1 Å². The second-order valence-corrected chi connectivity index (χ2v) is 6.50. The molecular weight excluding hydrogens is 435 g/mol. The largest absolute Gasteiger partial charge is 0.356 e. The normalized spacial score (nSPS) is 14.5. The third kappa shape index (κ3) is 2.78. The van der Waals surface area contributed by atoms with Crippen LogP contribution in [0.1, 0.15) is 5.56 Å². The van der Waals surface area contributed by atoms with Gasteiger partial charge in [-0.05, 0) is 40.8 Å². The van der Waals surface area contributed by atoms with Gasteiger partial charge in [0.15, 0.2) is 0 Å². The molecule has 1 N–H and O–H groups in total. The number of benzene rings is 1. The molecule has 0 fully saturated rings. The fourth-order valence-electron chi connectivity index (χ4n) is 2.14. The molecule has 1 aromatic heterocycles. The summed E-state index contributed by atoms with van der Waals surface area (Å²) in [4.78, 5) is 14.0. The van der Waals surface area contributed by atoms with E-state index in [0.717, 1.165) is 25.0 Å². The molecule has 102 valence electrons. The number of halogens is 2. The van der Waals surface area contributed by atoms with Crippen molar-refractivity contribution < 1.29 is 4.79 Å². The number of hydrogen-bond acceptors (Lipinski definition) is 4. The first kappa shape index (κ1) is 13.7. The van der Waals surface area contributed by atoms with Crippen molar-refractivity contribution in [2.75, 3.05) is 16.8 Å². The van der Waals surface area contributed by atoms with E-state index >= 15 is 0 Å². The lowest BCUT2D eigenvalue weighted by atomic mass is 10.1. The highest BCUT2D eigenvalue weighted by Gasteiger charge is 2.21. The van der Waals surface area contributed by atoms with Gasteiger partial charge in [0.1, 0.15) is 0 Å². The van der Waals surface area contributed by atoms with Crippen molar-refractivity contribution in [3.8, 4) is 0 Å². The molecule has 1 aromatic carbocycles. The minimum Gasteiger partial charge on any atom is -0.356 e. The summed E-state index contributed by atoms with van der Waals surface area (Å²) >= 11 is 5.75. The molecule has 0 unspecified atom stereocenters. The fraction of sp³-hybridized carbons (Fsp3) is 0.154. The third-order valence-electron chi connectivity index (χ3n) is 3.05. The van der Waals surface area contributed by atoms with Gasteiger partial charge >= 0.3 is 0 Å². The lowest BCUT2D eigenvalue weighted by Gasteiger charge is -2.21. The van der Waals surface area contributed by atoms with Gasteiger partial charge in [0.2, 0.25) is 5.91 Å². The molecule has 2 aromatic rings. The van der Waals surface area contributed by atoms with Gasteiger partial charge in [-0.3, -0.25) is 4.79 Å². The average Bonchev–Trinajstić information content (AvgIpc) is 2.58. The van der Waals surface area contributed by atoms with Crippen LogP contribution >= 0.6 is 38.5 Å². The molecule has 7 heteroatoms. The molecule has 0 saturated heterocycles. The molecule has 0 spiro atoms. The fourth-order valence-corrected chi connectivity index (χ4v) is 3.82. The Morgan fingerprint density at radius 2 is 2.15 bits per heavy atom. The van der Waals surface area contributed by atoms with Gasteiger partial charge in [-0.1, -0.05) is 15.9 Å². The lowest BCUT2D eigenvalue weighted by molar-refractivity contribution is -0.114. The molecule has 0 atom stereocenters. The van der Waals surface area contributed by atoms with Gasteiger partial charge in [-0.2, -0.15) is 10.2 Å². The van der Waals surface area contributed by atoms with Gasteiger partial charge in [-0.25, -0.2) is 0 Å². The number of nitrogens with zero attached hydrogens (tertiary/aromatic N) is 3. The number of rotatable bonds is 1. The van der Waals surface area contributed by atoms with Crippen LogP contribution < -0.4 is 10.2 Å². The van der Waals surface area contributed by atoms with Gasteiger partial charge < -0.3 is 10.2 Å². The average molecular weight is 445 g/mol. The number of anilines is 2. The maximum Gasteiger partial charge on any atom is 0.243 e.